The summed E-state index contributed by atoms with van der Waals surface area (Å²) in [5.74, 6) is 1.02. The molecule has 5 rings (SSSR count). The van der Waals surface area contributed by atoms with Gasteiger partial charge in [0.25, 0.3) is 0 Å². The van der Waals surface area contributed by atoms with Gasteiger partial charge in [0.05, 0.1) is 11.2 Å². The molecule has 2 heterocycles. The van der Waals surface area contributed by atoms with Crippen LogP contribution in [0, 0.1) is 19.3 Å². The first-order valence-electron chi connectivity index (χ1n) is 12.3. The van der Waals surface area contributed by atoms with Gasteiger partial charge in [-0.3, -0.25) is 0 Å². The van der Waals surface area contributed by atoms with Gasteiger partial charge in [0.1, 0.15) is 11.3 Å². The maximum absolute atomic E-state index is 6.59. The van der Waals surface area contributed by atoms with E-state index in [9.17, 15) is 0 Å². The molecule has 3 aromatic carbocycles. The number of benzene rings is 3. The second kappa shape index (κ2) is 7.70. The lowest BCUT2D eigenvalue weighted by Crippen LogP contribution is -2.12. The van der Waals surface area contributed by atoms with Crippen molar-refractivity contribution in [2.75, 3.05) is 0 Å². The molecule has 5 aromatic rings. The Morgan fingerprint density at radius 1 is 0.824 bits per heavy atom. The van der Waals surface area contributed by atoms with Crippen LogP contribution in [-0.4, -0.2) is 4.98 Å². The fourth-order valence-electron chi connectivity index (χ4n) is 5.21. The molecule has 174 valence electrons. The summed E-state index contributed by atoms with van der Waals surface area (Å²) in [6.45, 7) is 17.9. The quantitative estimate of drug-likeness (QED) is 0.268. The molecule has 0 unspecified atom stereocenters. The fraction of sp³-hybridized carbons (Fsp3) is 0.344. The molecular formula is C32H35NO. The van der Waals surface area contributed by atoms with Crippen molar-refractivity contribution in [1.29, 1.82) is 0 Å². The van der Waals surface area contributed by atoms with Crippen LogP contribution < -0.4 is 0 Å². The zero-order valence-corrected chi connectivity index (χ0v) is 21.8. The number of aromatic nitrogens is 1. The van der Waals surface area contributed by atoms with Crippen molar-refractivity contribution in [1.82, 2.24) is 4.98 Å². The highest BCUT2D eigenvalue weighted by Gasteiger charge is 2.23. The number of pyridine rings is 1. The number of fused-ring (bicyclic) bond motifs is 4. The van der Waals surface area contributed by atoms with Gasteiger partial charge in [-0.25, -0.2) is 4.98 Å². The molecule has 0 N–H and O–H groups in total. The van der Waals surface area contributed by atoms with E-state index in [1.807, 2.05) is 0 Å². The number of nitrogens with zero attached hydrogens (tertiary/aromatic N) is 1. The number of rotatable bonds is 2. The summed E-state index contributed by atoms with van der Waals surface area (Å²) in [5, 5.41) is 4.79. The van der Waals surface area contributed by atoms with Crippen LogP contribution >= 0.6 is 0 Å². The average Bonchev–Trinajstić information content (AvgIpc) is 3.12. The molecule has 2 heteroatoms. The Labute approximate surface area is 203 Å². The molecule has 0 bridgehead atoms. The molecule has 0 atom stereocenters. The van der Waals surface area contributed by atoms with Gasteiger partial charge in [-0.2, -0.15) is 0 Å². The van der Waals surface area contributed by atoms with Gasteiger partial charge < -0.3 is 4.42 Å². The van der Waals surface area contributed by atoms with Crippen molar-refractivity contribution >= 4 is 32.6 Å². The summed E-state index contributed by atoms with van der Waals surface area (Å²) in [4.78, 5) is 5.28. The molecule has 0 aliphatic heterocycles. The number of furan rings is 1. The topological polar surface area (TPSA) is 26.0 Å². The number of aryl methyl sites for hydroxylation is 2. The molecule has 2 aromatic heterocycles. The molecule has 0 radical (unpaired) electrons. The van der Waals surface area contributed by atoms with Gasteiger partial charge in [0.15, 0.2) is 0 Å². The largest absolute Gasteiger partial charge is 0.460 e. The van der Waals surface area contributed by atoms with E-state index >= 15 is 0 Å². The van der Waals surface area contributed by atoms with E-state index in [0.717, 1.165) is 45.3 Å². The zero-order valence-electron chi connectivity index (χ0n) is 21.8. The van der Waals surface area contributed by atoms with E-state index in [1.165, 1.54) is 27.5 Å². The summed E-state index contributed by atoms with van der Waals surface area (Å²) in [5.41, 5.74) is 8.06. The van der Waals surface area contributed by atoms with E-state index in [4.69, 9.17) is 9.40 Å². The molecule has 0 fully saturated rings. The lowest BCUT2D eigenvalue weighted by atomic mass is 9.82. The summed E-state index contributed by atoms with van der Waals surface area (Å²) in [6.07, 6.45) is 0.887. The van der Waals surface area contributed by atoms with Gasteiger partial charge in [0.2, 0.25) is 0 Å². The predicted molar refractivity (Wildman–Crippen MR) is 146 cm³/mol. The number of hydrogen-bond donors (Lipinski definition) is 0. The van der Waals surface area contributed by atoms with E-state index in [1.54, 1.807) is 0 Å². The minimum atomic E-state index is 0.0204. The zero-order chi connectivity index (χ0) is 24.4. The Hall–Kier alpha value is -3.13. The highest BCUT2D eigenvalue weighted by atomic mass is 16.3. The van der Waals surface area contributed by atoms with Crippen LogP contribution in [-0.2, 0) is 11.8 Å². The maximum atomic E-state index is 6.59. The van der Waals surface area contributed by atoms with Crippen LogP contribution in [0.2, 0.25) is 0 Å². The fourth-order valence-corrected chi connectivity index (χ4v) is 5.21. The lowest BCUT2D eigenvalue weighted by Gasteiger charge is -2.23. The van der Waals surface area contributed by atoms with Crippen LogP contribution in [0.4, 0.5) is 0 Å². The Kier molecular flexibility index (Phi) is 5.13. The minimum absolute atomic E-state index is 0.0204. The van der Waals surface area contributed by atoms with Crippen molar-refractivity contribution in [3.05, 3.63) is 77.0 Å². The van der Waals surface area contributed by atoms with Crippen molar-refractivity contribution in [3.8, 4) is 11.3 Å². The first-order valence-corrected chi connectivity index (χ1v) is 12.3. The molecule has 0 aliphatic rings. The summed E-state index contributed by atoms with van der Waals surface area (Å²) >= 11 is 0. The molecule has 0 amide bonds. The Balaban J connectivity index is 1.89. The molecule has 34 heavy (non-hydrogen) atoms. The summed E-state index contributed by atoms with van der Waals surface area (Å²) < 4.78 is 6.59. The van der Waals surface area contributed by atoms with Crippen molar-refractivity contribution in [3.63, 3.8) is 0 Å². The lowest BCUT2D eigenvalue weighted by molar-refractivity contribution is 0.371. The molecule has 2 nitrogen and oxygen atoms in total. The third-order valence-electron chi connectivity index (χ3n) is 6.60. The molecule has 0 saturated heterocycles. The van der Waals surface area contributed by atoms with E-state index in [-0.39, 0.29) is 10.8 Å². The normalized spacial score (nSPS) is 12.8. The van der Waals surface area contributed by atoms with Gasteiger partial charge >= 0.3 is 0 Å². The molecule has 0 saturated carbocycles. The smallest absolute Gasteiger partial charge is 0.146 e. The average molecular weight is 450 g/mol. The van der Waals surface area contributed by atoms with Crippen molar-refractivity contribution in [2.45, 2.75) is 67.2 Å². The maximum Gasteiger partial charge on any atom is 0.146 e. The highest BCUT2D eigenvalue weighted by molar-refractivity contribution is 6.10. The molecular weight excluding hydrogens is 414 g/mol. The van der Waals surface area contributed by atoms with Crippen LogP contribution in [0.5, 0.6) is 0 Å². The molecule has 0 spiro atoms. The Morgan fingerprint density at radius 3 is 2.26 bits per heavy atom. The van der Waals surface area contributed by atoms with Crippen molar-refractivity contribution in [2.24, 2.45) is 5.41 Å². The van der Waals surface area contributed by atoms with Crippen LogP contribution in [0.25, 0.3) is 43.9 Å². The van der Waals surface area contributed by atoms with E-state index < -0.39 is 0 Å². The standard InChI is InChI=1S/C32H35NO/c1-19-13-20(2)28-27(14-19)33-29(25-17-23(34-30(25)28)18-31(3,4)5)22-15-21-11-9-10-12-24(21)26(16-22)32(6,7)8/h9-17H,18H2,1-8H3. The molecule has 0 aliphatic carbocycles. The van der Waals surface area contributed by atoms with Crippen molar-refractivity contribution < 1.29 is 4.42 Å². The third kappa shape index (κ3) is 4.00. The third-order valence-corrected chi connectivity index (χ3v) is 6.60. The highest BCUT2D eigenvalue weighted by Crippen LogP contribution is 2.40. The van der Waals surface area contributed by atoms with E-state index in [0.29, 0.717) is 0 Å². The predicted octanol–water partition coefficient (Wildman–Crippen LogP) is 9.30. The Bertz CT molecular complexity index is 1550. The van der Waals surface area contributed by atoms with Crippen LogP contribution in [0.1, 0.15) is 64.0 Å². The monoisotopic (exact) mass is 449 g/mol. The van der Waals surface area contributed by atoms with Gasteiger partial charge in [-0.1, -0.05) is 71.9 Å². The first-order chi connectivity index (χ1) is 15.9. The van der Waals surface area contributed by atoms with Gasteiger partial charge in [-0.05, 0) is 76.4 Å². The van der Waals surface area contributed by atoms with Gasteiger partial charge in [0, 0.05) is 22.8 Å². The summed E-state index contributed by atoms with van der Waals surface area (Å²) in [7, 11) is 0. The number of hydrogen-bond acceptors (Lipinski definition) is 2. The minimum Gasteiger partial charge on any atom is -0.460 e. The van der Waals surface area contributed by atoms with Gasteiger partial charge in [-0.15, -0.1) is 0 Å². The second-order valence-electron chi connectivity index (χ2n) is 12.1. The second-order valence-corrected chi connectivity index (χ2v) is 12.1. The SMILES string of the molecule is Cc1cc(C)c2c(c1)nc(-c1cc(C(C)(C)C)c3ccccc3c1)c1cc(CC(C)(C)C)oc12. The van der Waals surface area contributed by atoms with Crippen LogP contribution in [0.3, 0.4) is 0 Å². The van der Waals surface area contributed by atoms with Crippen LogP contribution in [0.15, 0.2) is 59.0 Å². The Morgan fingerprint density at radius 2 is 1.56 bits per heavy atom. The summed E-state index contributed by atoms with van der Waals surface area (Å²) in [6, 6.07) is 20.0. The first kappa shape index (κ1) is 22.7. The van der Waals surface area contributed by atoms with E-state index in [2.05, 4.69) is 110 Å².